The van der Waals surface area contributed by atoms with Crippen molar-refractivity contribution in [1.29, 1.82) is 0 Å². The Kier molecular flexibility index (Phi) is 10.8. The van der Waals surface area contributed by atoms with Crippen molar-refractivity contribution in [1.82, 2.24) is 9.36 Å². The maximum atomic E-state index is 14.8. The molecule has 5 aliphatic rings. The third-order valence-corrected chi connectivity index (χ3v) is 16.6. The van der Waals surface area contributed by atoms with Crippen LogP contribution < -0.4 is 5.56 Å². The van der Waals surface area contributed by atoms with Crippen LogP contribution in [0, 0.1) is 52.3 Å². The van der Waals surface area contributed by atoms with E-state index in [9.17, 15) is 28.7 Å². The van der Waals surface area contributed by atoms with Gasteiger partial charge in [-0.15, -0.1) is 0 Å². The molecule has 5 aliphatic carbocycles. The largest absolute Gasteiger partial charge is 0.481 e. The number of carbonyl (C=O) groups excluding carboxylic acids is 2. The maximum Gasteiger partial charge on any atom is 0.309 e. The molecular weight excluding hydrogens is 708 g/mol. The minimum absolute atomic E-state index is 0.00244. The number of carboxylic acids is 1. The molecule has 9 atom stereocenters. The molecule has 1 aromatic heterocycles. The van der Waals surface area contributed by atoms with Gasteiger partial charge in [-0.25, -0.2) is 9.07 Å². The lowest BCUT2D eigenvalue weighted by Gasteiger charge is -2.69. The average molecular weight is 777 g/mol. The molecule has 3 saturated carbocycles. The molecule has 9 heteroatoms. The van der Waals surface area contributed by atoms with Crippen LogP contribution in [0.4, 0.5) is 4.39 Å². The highest BCUT2D eigenvalue weighted by molar-refractivity contribution is 6.02. The molecule has 310 valence electrons. The van der Waals surface area contributed by atoms with Crippen LogP contribution in [0.2, 0.25) is 0 Å². The molecule has 8 nitrogen and oxygen atoms in total. The van der Waals surface area contributed by atoms with Crippen LogP contribution in [-0.4, -0.2) is 44.0 Å². The molecule has 56 heavy (non-hydrogen) atoms. The third-order valence-electron chi connectivity index (χ3n) is 16.6. The summed E-state index contributed by atoms with van der Waals surface area (Å²) >= 11 is 0. The van der Waals surface area contributed by atoms with Gasteiger partial charge >= 0.3 is 11.9 Å². The van der Waals surface area contributed by atoms with Gasteiger partial charge in [0.25, 0.3) is 5.56 Å². The number of hydrogen-bond donors (Lipinski definition) is 1. The van der Waals surface area contributed by atoms with Gasteiger partial charge in [0, 0.05) is 30.9 Å². The summed E-state index contributed by atoms with van der Waals surface area (Å²) in [5.41, 5.74) is 1.16. The van der Waals surface area contributed by atoms with E-state index in [4.69, 9.17) is 4.74 Å². The van der Waals surface area contributed by atoms with E-state index in [1.54, 1.807) is 37.6 Å². The van der Waals surface area contributed by atoms with Crippen LogP contribution in [0.25, 0.3) is 5.70 Å². The molecule has 1 aromatic rings. The summed E-state index contributed by atoms with van der Waals surface area (Å²) < 4.78 is 24.4. The number of Topliss-reactive ketones (excluding diaryl/α,β-unsaturated/α-hetero) is 1. The van der Waals surface area contributed by atoms with Gasteiger partial charge in [-0.1, -0.05) is 54.5 Å². The standard InChI is InChI=1S/C47H69FN2O6/c1-13-32(56-36(52)27-42(6,7)41(54)55)19-22-44(9)29(4)16-23-46(11)35(44)15-14-33-38-37(28(2)3)34(51)26-47(38,25-24-45(33,46)10)39-30(5)40(53)50(49(39)12)31-17-20-43(8,48)21-18-31/h17-18,20,28-29,32-33,35H,13-16,19,21-27H2,1-12H3,(H,54,55)/t29?,32?,33?,35?,43?,44?,45-,46?,47?/m1/s1. The number of aliphatic carboxylic acids is 1. The Hall–Kier alpha value is -3.23. The van der Waals surface area contributed by atoms with Crippen molar-refractivity contribution in [3.05, 3.63) is 51.0 Å². The topological polar surface area (TPSA) is 108 Å². The fourth-order valence-corrected chi connectivity index (χ4v) is 12.9. The van der Waals surface area contributed by atoms with Gasteiger partial charge < -0.3 is 9.84 Å². The summed E-state index contributed by atoms with van der Waals surface area (Å²) in [5.74, 6) is -0.0738. The number of esters is 1. The van der Waals surface area contributed by atoms with Gasteiger partial charge in [-0.2, -0.15) is 0 Å². The van der Waals surface area contributed by atoms with E-state index in [1.807, 2.05) is 31.7 Å². The molecule has 0 aromatic carbocycles. The molecular formula is C47H69FN2O6. The first kappa shape index (κ1) is 42.4. The number of carboxylic acid groups (broad SMARTS) is 1. The second-order valence-corrected chi connectivity index (χ2v) is 20.6. The Morgan fingerprint density at radius 1 is 1.05 bits per heavy atom. The smallest absolute Gasteiger partial charge is 0.309 e. The van der Waals surface area contributed by atoms with E-state index in [1.165, 1.54) is 5.57 Å². The predicted molar refractivity (Wildman–Crippen MR) is 219 cm³/mol. The maximum absolute atomic E-state index is 14.8. The highest BCUT2D eigenvalue weighted by Gasteiger charge is 2.68. The zero-order valence-corrected chi connectivity index (χ0v) is 36.4. The lowest BCUT2D eigenvalue weighted by atomic mass is 9.35. The number of halogens is 1. The molecule has 0 aliphatic heterocycles. The number of hydrogen-bond acceptors (Lipinski definition) is 5. The molecule has 0 saturated heterocycles. The molecule has 0 bridgehead atoms. The number of allylic oxidation sites excluding steroid dienone is 6. The van der Waals surface area contributed by atoms with Crippen molar-refractivity contribution in [2.75, 3.05) is 0 Å². The van der Waals surface area contributed by atoms with Gasteiger partial charge in [-0.05, 0) is 149 Å². The van der Waals surface area contributed by atoms with Crippen molar-refractivity contribution >= 4 is 23.4 Å². The first-order chi connectivity index (χ1) is 25.9. The summed E-state index contributed by atoms with van der Waals surface area (Å²) in [7, 11) is 1.94. The molecule has 0 amide bonds. The van der Waals surface area contributed by atoms with Crippen LogP contribution >= 0.6 is 0 Å². The molecule has 1 heterocycles. The van der Waals surface area contributed by atoms with Crippen LogP contribution in [0.5, 0.6) is 0 Å². The number of fused-ring (bicyclic) bond motifs is 5. The van der Waals surface area contributed by atoms with E-state index < -0.39 is 28.4 Å². The molecule has 8 unspecified atom stereocenters. The normalized spacial score (nSPS) is 36.2. The SMILES string of the molecule is CCC(CCC1(C)C(C)CCC2(C)C1CCC1C3=C(C(C)C)C(=O)CC3(c3c(C)c(=O)n(C4=CCC(C)(F)C=C4)n3C)CC[C@]12C)OC(=O)CC(C)(C)C(=O)O. The van der Waals surface area contributed by atoms with Crippen molar-refractivity contribution in [3.8, 4) is 0 Å². The van der Waals surface area contributed by atoms with Crippen LogP contribution in [0.1, 0.15) is 158 Å². The van der Waals surface area contributed by atoms with Crippen LogP contribution in [0.3, 0.4) is 0 Å². The number of carbonyl (C=O) groups is 3. The molecule has 0 spiro atoms. The Morgan fingerprint density at radius 2 is 1.73 bits per heavy atom. The number of alkyl halides is 1. The van der Waals surface area contributed by atoms with E-state index in [0.717, 1.165) is 62.6 Å². The summed E-state index contributed by atoms with van der Waals surface area (Å²) in [5, 5.41) is 9.58. The summed E-state index contributed by atoms with van der Waals surface area (Å²) in [6.45, 7) is 22.8. The Balaban J connectivity index is 1.36. The number of aromatic nitrogens is 2. The quantitative estimate of drug-likeness (QED) is 0.224. The molecule has 1 N–H and O–H groups in total. The monoisotopic (exact) mass is 777 g/mol. The third kappa shape index (κ3) is 6.44. The summed E-state index contributed by atoms with van der Waals surface area (Å²) in [6.07, 6.45) is 13.6. The fourth-order valence-electron chi connectivity index (χ4n) is 12.9. The zero-order chi connectivity index (χ0) is 41.6. The second-order valence-electron chi connectivity index (χ2n) is 20.6. The Morgan fingerprint density at radius 3 is 2.32 bits per heavy atom. The Labute approximate surface area is 334 Å². The van der Waals surface area contributed by atoms with Gasteiger partial charge in [-0.3, -0.25) is 23.9 Å². The first-order valence-electron chi connectivity index (χ1n) is 21.5. The zero-order valence-electron chi connectivity index (χ0n) is 36.4. The van der Waals surface area contributed by atoms with E-state index in [-0.39, 0.29) is 58.4 Å². The minimum atomic E-state index is -1.45. The summed E-state index contributed by atoms with van der Waals surface area (Å²) in [4.78, 5) is 53.2. The first-order valence-corrected chi connectivity index (χ1v) is 21.5. The summed E-state index contributed by atoms with van der Waals surface area (Å²) in [6, 6.07) is 0. The second kappa shape index (κ2) is 14.2. The predicted octanol–water partition coefficient (Wildman–Crippen LogP) is 10.1. The highest BCUT2D eigenvalue weighted by atomic mass is 19.1. The molecule has 0 radical (unpaired) electrons. The molecule has 3 fully saturated rings. The van der Waals surface area contributed by atoms with Crippen molar-refractivity contribution in [2.45, 2.75) is 170 Å². The molecule has 6 rings (SSSR count). The van der Waals surface area contributed by atoms with Gasteiger partial charge in [0.2, 0.25) is 0 Å². The number of nitrogens with zero attached hydrogens (tertiary/aromatic N) is 2. The van der Waals surface area contributed by atoms with Crippen molar-refractivity contribution in [2.24, 2.45) is 52.4 Å². The van der Waals surface area contributed by atoms with Gasteiger partial charge in [0.05, 0.1) is 23.2 Å². The van der Waals surface area contributed by atoms with Crippen LogP contribution in [-0.2, 0) is 31.6 Å². The lowest BCUT2D eigenvalue weighted by molar-refractivity contribution is -0.184. The van der Waals surface area contributed by atoms with E-state index >= 15 is 0 Å². The fraction of sp³-hybridized carbons (Fsp3) is 0.745. The highest BCUT2D eigenvalue weighted by Crippen LogP contribution is 2.75. The minimum Gasteiger partial charge on any atom is -0.481 e. The average Bonchev–Trinajstić information content (AvgIpc) is 3.53. The van der Waals surface area contributed by atoms with Gasteiger partial charge in [0.1, 0.15) is 11.8 Å². The van der Waals surface area contributed by atoms with Gasteiger partial charge in [0.15, 0.2) is 5.78 Å². The number of ketones is 1. The number of rotatable bonds is 11. The van der Waals surface area contributed by atoms with E-state index in [2.05, 4.69) is 41.5 Å². The van der Waals surface area contributed by atoms with Crippen molar-refractivity contribution in [3.63, 3.8) is 0 Å². The van der Waals surface area contributed by atoms with Crippen molar-refractivity contribution < 1.29 is 28.6 Å². The van der Waals surface area contributed by atoms with Crippen LogP contribution in [0.15, 0.2) is 34.2 Å². The number of ether oxygens (including phenoxy) is 1. The Bertz CT molecular complexity index is 1940. The van der Waals surface area contributed by atoms with E-state index in [0.29, 0.717) is 35.9 Å². The lowest BCUT2D eigenvalue weighted by Crippen LogP contribution is -2.62.